The topological polar surface area (TPSA) is 109 Å². The number of nitrogens with zero attached hydrogens (tertiary/aromatic N) is 6. The number of imidazole rings is 1. The first-order chi connectivity index (χ1) is 17.5. The Labute approximate surface area is 212 Å². The van der Waals surface area contributed by atoms with Crippen molar-refractivity contribution in [3.8, 4) is 0 Å². The van der Waals surface area contributed by atoms with Gasteiger partial charge in [-0.2, -0.15) is 4.98 Å². The summed E-state index contributed by atoms with van der Waals surface area (Å²) in [7, 11) is 3.38. The van der Waals surface area contributed by atoms with Gasteiger partial charge in [0.05, 0.1) is 24.4 Å². The van der Waals surface area contributed by atoms with Crippen molar-refractivity contribution in [3.05, 3.63) is 30.4 Å². The fraction of sp³-hybridized carbons (Fsp3) is 0.600. The first-order valence-electron chi connectivity index (χ1n) is 12.5. The molecule has 0 aliphatic carbocycles. The van der Waals surface area contributed by atoms with Gasteiger partial charge in [0.25, 0.3) is 0 Å². The number of piperidine rings is 1. The molecule has 3 aromatic heterocycles. The van der Waals surface area contributed by atoms with Gasteiger partial charge in [0, 0.05) is 52.2 Å². The van der Waals surface area contributed by atoms with E-state index >= 15 is 0 Å². The largest absolute Gasteiger partial charge is 0.381 e. The molecule has 0 spiro atoms. The summed E-state index contributed by atoms with van der Waals surface area (Å²) in [6.45, 7) is 9.16. The van der Waals surface area contributed by atoms with Gasteiger partial charge in [0.2, 0.25) is 5.95 Å². The number of nitrogens with one attached hydrogen (secondary N) is 1. The SMILES string of the molecule is CCOC(COCc1nc2cnc(Nc3ccnc(N4CCC(OC)CC4)n3)cc2n1C(C)C)OC. The molecule has 0 saturated carbocycles. The van der Waals surface area contributed by atoms with Crippen LogP contribution < -0.4 is 10.2 Å². The lowest BCUT2D eigenvalue weighted by Gasteiger charge is -2.31. The maximum absolute atomic E-state index is 5.86. The summed E-state index contributed by atoms with van der Waals surface area (Å²) in [6, 6.07) is 4.03. The summed E-state index contributed by atoms with van der Waals surface area (Å²) in [6.07, 6.45) is 5.40. The van der Waals surface area contributed by atoms with Gasteiger partial charge < -0.3 is 33.7 Å². The summed E-state index contributed by atoms with van der Waals surface area (Å²) in [5.41, 5.74) is 1.79. The second kappa shape index (κ2) is 12.4. The molecule has 0 amide bonds. The van der Waals surface area contributed by atoms with E-state index in [0.29, 0.717) is 43.5 Å². The molecule has 11 nitrogen and oxygen atoms in total. The monoisotopic (exact) mass is 499 g/mol. The third-order valence-corrected chi connectivity index (χ3v) is 6.22. The number of anilines is 3. The molecule has 1 unspecified atom stereocenters. The highest BCUT2D eigenvalue weighted by Gasteiger charge is 2.21. The van der Waals surface area contributed by atoms with Crippen LogP contribution in [0.15, 0.2) is 24.5 Å². The lowest BCUT2D eigenvalue weighted by Crippen LogP contribution is -2.37. The molecule has 1 aliphatic heterocycles. The molecule has 0 radical (unpaired) electrons. The van der Waals surface area contributed by atoms with E-state index in [9.17, 15) is 0 Å². The van der Waals surface area contributed by atoms with E-state index in [1.807, 2.05) is 19.1 Å². The fourth-order valence-corrected chi connectivity index (χ4v) is 4.40. The highest BCUT2D eigenvalue weighted by atomic mass is 16.7. The van der Waals surface area contributed by atoms with Crippen molar-refractivity contribution in [1.82, 2.24) is 24.5 Å². The van der Waals surface area contributed by atoms with Crippen LogP contribution in [0, 0.1) is 0 Å². The molecule has 0 aromatic carbocycles. The molecular formula is C25H37N7O4. The summed E-state index contributed by atoms with van der Waals surface area (Å²) < 4.78 is 24.3. The number of pyridine rings is 1. The van der Waals surface area contributed by atoms with Gasteiger partial charge in [-0.05, 0) is 39.7 Å². The molecular weight excluding hydrogens is 462 g/mol. The standard InChI is InChI=1S/C25H37N7O4/c1-6-36-24(34-5)16-35-15-23-28-19-14-27-22(13-20(19)32(23)17(2)3)29-21-7-10-26-25(30-21)31-11-8-18(33-4)9-12-31/h7,10,13-14,17-18,24H,6,8-9,11-12,15-16H2,1-5H3,(H,26,27,29,30). The number of rotatable bonds is 12. The second-order valence-corrected chi connectivity index (χ2v) is 8.97. The Morgan fingerprint density at radius 3 is 2.61 bits per heavy atom. The van der Waals surface area contributed by atoms with Gasteiger partial charge in [-0.25, -0.2) is 15.0 Å². The number of methoxy groups -OCH3 is 2. The van der Waals surface area contributed by atoms with Crippen LogP contribution in [0.2, 0.25) is 0 Å². The van der Waals surface area contributed by atoms with E-state index in [-0.39, 0.29) is 6.04 Å². The quantitative estimate of drug-likeness (QED) is 0.371. The molecule has 196 valence electrons. The highest BCUT2D eigenvalue weighted by molar-refractivity contribution is 5.79. The van der Waals surface area contributed by atoms with Crippen molar-refractivity contribution in [1.29, 1.82) is 0 Å². The van der Waals surface area contributed by atoms with Crippen LogP contribution in [0.4, 0.5) is 17.6 Å². The van der Waals surface area contributed by atoms with Gasteiger partial charge in [-0.3, -0.25) is 0 Å². The minimum Gasteiger partial charge on any atom is -0.381 e. The first-order valence-corrected chi connectivity index (χ1v) is 12.5. The summed E-state index contributed by atoms with van der Waals surface area (Å²) in [4.78, 5) is 20.7. The zero-order chi connectivity index (χ0) is 25.5. The fourth-order valence-electron chi connectivity index (χ4n) is 4.40. The molecule has 4 heterocycles. The Morgan fingerprint density at radius 2 is 1.92 bits per heavy atom. The van der Waals surface area contributed by atoms with Crippen LogP contribution in [-0.4, -0.2) is 77.4 Å². The van der Waals surface area contributed by atoms with E-state index in [1.54, 1.807) is 26.6 Å². The summed E-state index contributed by atoms with van der Waals surface area (Å²) >= 11 is 0. The molecule has 36 heavy (non-hydrogen) atoms. The summed E-state index contributed by atoms with van der Waals surface area (Å²) in [5.74, 6) is 2.93. The third kappa shape index (κ3) is 6.28. The molecule has 1 fully saturated rings. The van der Waals surface area contributed by atoms with E-state index in [1.165, 1.54) is 0 Å². The minimum atomic E-state index is -0.395. The van der Waals surface area contributed by atoms with Gasteiger partial charge in [0.1, 0.15) is 29.6 Å². The molecule has 1 atom stereocenters. The predicted octanol–water partition coefficient (Wildman–Crippen LogP) is 3.69. The average molecular weight is 500 g/mol. The Morgan fingerprint density at radius 1 is 1.11 bits per heavy atom. The van der Waals surface area contributed by atoms with Crippen LogP contribution in [0.3, 0.4) is 0 Å². The van der Waals surface area contributed by atoms with Crippen LogP contribution in [0.25, 0.3) is 11.0 Å². The summed E-state index contributed by atoms with van der Waals surface area (Å²) in [5, 5.41) is 3.33. The van der Waals surface area contributed by atoms with Crippen LogP contribution in [-0.2, 0) is 25.6 Å². The van der Waals surface area contributed by atoms with Crippen molar-refractivity contribution in [3.63, 3.8) is 0 Å². The van der Waals surface area contributed by atoms with Crippen molar-refractivity contribution in [2.24, 2.45) is 0 Å². The van der Waals surface area contributed by atoms with Gasteiger partial charge in [-0.1, -0.05) is 0 Å². The second-order valence-electron chi connectivity index (χ2n) is 8.97. The normalized spacial score (nSPS) is 15.7. The Hall–Kier alpha value is -2.86. The number of fused-ring (bicyclic) bond motifs is 1. The maximum atomic E-state index is 5.86. The van der Waals surface area contributed by atoms with Crippen LogP contribution >= 0.6 is 0 Å². The van der Waals surface area contributed by atoms with E-state index < -0.39 is 6.29 Å². The van der Waals surface area contributed by atoms with Crippen LogP contribution in [0.1, 0.15) is 45.5 Å². The number of ether oxygens (including phenoxy) is 4. The lowest BCUT2D eigenvalue weighted by atomic mass is 10.1. The van der Waals surface area contributed by atoms with Gasteiger partial charge >= 0.3 is 0 Å². The zero-order valence-corrected chi connectivity index (χ0v) is 21.8. The van der Waals surface area contributed by atoms with Crippen molar-refractivity contribution in [2.45, 2.75) is 58.7 Å². The first kappa shape index (κ1) is 26.2. The molecule has 4 rings (SSSR count). The zero-order valence-electron chi connectivity index (χ0n) is 21.8. The van der Waals surface area contributed by atoms with Crippen molar-refractivity contribution < 1.29 is 18.9 Å². The smallest absolute Gasteiger partial charge is 0.227 e. The Kier molecular flexibility index (Phi) is 9.03. The molecule has 1 N–H and O–H groups in total. The van der Waals surface area contributed by atoms with E-state index in [4.69, 9.17) is 28.9 Å². The molecule has 1 aliphatic rings. The third-order valence-electron chi connectivity index (χ3n) is 6.22. The van der Waals surface area contributed by atoms with Crippen molar-refractivity contribution >= 4 is 28.6 Å². The molecule has 1 saturated heterocycles. The lowest BCUT2D eigenvalue weighted by molar-refractivity contribution is -0.157. The Bertz CT molecular complexity index is 1110. The van der Waals surface area contributed by atoms with Gasteiger partial charge in [0.15, 0.2) is 6.29 Å². The van der Waals surface area contributed by atoms with Gasteiger partial charge in [-0.15, -0.1) is 0 Å². The molecule has 3 aromatic rings. The Balaban J connectivity index is 1.48. The van der Waals surface area contributed by atoms with E-state index in [2.05, 4.69) is 38.6 Å². The minimum absolute atomic E-state index is 0.189. The number of hydrogen-bond acceptors (Lipinski definition) is 10. The number of hydrogen-bond donors (Lipinski definition) is 1. The predicted molar refractivity (Wildman–Crippen MR) is 138 cm³/mol. The maximum Gasteiger partial charge on any atom is 0.227 e. The molecule has 11 heteroatoms. The van der Waals surface area contributed by atoms with Crippen molar-refractivity contribution in [2.75, 3.05) is 50.7 Å². The molecule has 0 bridgehead atoms. The van der Waals surface area contributed by atoms with E-state index in [0.717, 1.165) is 42.8 Å². The highest BCUT2D eigenvalue weighted by Crippen LogP contribution is 2.25. The number of aromatic nitrogens is 5. The van der Waals surface area contributed by atoms with Crippen LogP contribution in [0.5, 0.6) is 0 Å². The average Bonchev–Trinajstić information content (AvgIpc) is 3.26.